The van der Waals surface area contributed by atoms with Crippen molar-refractivity contribution in [3.05, 3.63) is 23.2 Å². The van der Waals surface area contributed by atoms with Crippen molar-refractivity contribution in [2.75, 3.05) is 18.4 Å². The number of nitrogens with one attached hydrogen (secondary N) is 2. The maximum Gasteiger partial charge on any atom is 0.262 e. The van der Waals surface area contributed by atoms with Gasteiger partial charge in [-0.25, -0.2) is 0 Å². The molecule has 2 N–H and O–H groups in total. The molecule has 2 rings (SSSR count). The van der Waals surface area contributed by atoms with Crippen LogP contribution in [0.3, 0.4) is 0 Å². The van der Waals surface area contributed by atoms with E-state index in [4.69, 9.17) is 16.3 Å². The maximum atomic E-state index is 11.7. The number of carbonyl (C=O) groups excluding carboxylic acids is 1. The largest absolute Gasteiger partial charge is 0.477 e. The minimum atomic E-state index is -0.477. The van der Waals surface area contributed by atoms with E-state index >= 15 is 0 Å². The highest BCUT2D eigenvalue weighted by molar-refractivity contribution is 6.30. The topological polar surface area (TPSA) is 50.4 Å². The van der Waals surface area contributed by atoms with Gasteiger partial charge in [0.2, 0.25) is 0 Å². The van der Waals surface area contributed by atoms with Crippen LogP contribution in [-0.4, -0.2) is 25.1 Å². The Bertz CT molecular complexity index is 423. The van der Waals surface area contributed by atoms with Gasteiger partial charge in [-0.3, -0.25) is 4.79 Å². The number of halogens is 1. The fourth-order valence-electron chi connectivity index (χ4n) is 1.65. The lowest BCUT2D eigenvalue weighted by Crippen LogP contribution is -2.44. The van der Waals surface area contributed by atoms with Gasteiger partial charge >= 0.3 is 0 Å². The van der Waals surface area contributed by atoms with E-state index in [0.717, 1.165) is 12.1 Å². The Hall–Kier alpha value is -1.42. The zero-order chi connectivity index (χ0) is 12.3. The summed E-state index contributed by atoms with van der Waals surface area (Å²) >= 11 is 5.87. The molecule has 1 atom stereocenters. The fourth-order valence-corrected chi connectivity index (χ4v) is 1.82. The number of carbonyl (C=O) groups is 1. The van der Waals surface area contributed by atoms with Crippen LogP contribution >= 0.6 is 11.6 Å². The van der Waals surface area contributed by atoms with Crippen molar-refractivity contribution in [3.8, 4) is 5.75 Å². The Kier molecular flexibility index (Phi) is 3.74. The van der Waals surface area contributed by atoms with Crippen LogP contribution in [0.25, 0.3) is 0 Å². The molecular formula is C12H15ClN2O2. The van der Waals surface area contributed by atoms with Crippen molar-refractivity contribution in [1.29, 1.82) is 0 Å². The Labute approximate surface area is 105 Å². The molecule has 1 unspecified atom stereocenters. The van der Waals surface area contributed by atoms with E-state index in [1.54, 1.807) is 18.2 Å². The summed E-state index contributed by atoms with van der Waals surface area (Å²) in [5.41, 5.74) is 0.831. The zero-order valence-corrected chi connectivity index (χ0v) is 10.4. The third-order valence-corrected chi connectivity index (χ3v) is 2.77. The molecule has 1 aromatic rings. The highest BCUT2D eigenvalue weighted by Crippen LogP contribution is 2.31. The average molecular weight is 255 g/mol. The van der Waals surface area contributed by atoms with Gasteiger partial charge in [0.05, 0.1) is 12.2 Å². The van der Waals surface area contributed by atoms with Gasteiger partial charge in [-0.1, -0.05) is 18.5 Å². The lowest BCUT2D eigenvalue weighted by molar-refractivity contribution is -0.127. The number of amides is 1. The summed E-state index contributed by atoms with van der Waals surface area (Å²) in [4.78, 5) is 11.7. The molecule has 4 nitrogen and oxygen atoms in total. The summed E-state index contributed by atoms with van der Waals surface area (Å²) in [6.45, 7) is 3.15. The molecule has 0 bridgehead atoms. The first-order valence-corrected chi connectivity index (χ1v) is 6.06. The first-order chi connectivity index (χ1) is 8.20. The molecule has 0 aliphatic carbocycles. The third-order valence-electron chi connectivity index (χ3n) is 2.53. The van der Waals surface area contributed by atoms with E-state index in [1.165, 1.54) is 0 Å². The number of hydrogen-bond acceptors (Lipinski definition) is 3. The molecule has 0 saturated carbocycles. The predicted octanol–water partition coefficient (Wildman–Crippen LogP) is 2.04. The van der Waals surface area contributed by atoms with Crippen molar-refractivity contribution in [2.45, 2.75) is 19.4 Å². The van der Waals surface area contributed by atoms with E-state index in [9.17, 15) is 4.79 Å². The molecular weight excluding hydrogens is 240 g/mol. The summed E-state index contributed by atoms with van der Waals surface area (Å²) in [6.07, 6.45) is 0.438. The molecule has 17 heavy (non-hydrogen) atoms. The molecule has 1 amide bonds. The average Bonchev–Trinajstić information content (AvgIpc) is 2.35. The molecule has 1 aliphatic rings. The van der Waals surface area contributed by atoms with E-state index < -0.39 is 6.10 Å². The molecule has 5 heteroatoms. The van der Waals surface area contributed by atoms with Crippen molar-refractivity contribution >= 4 is 23.2 Å². The Morgan fingerprint density at radius 1 is 1.65 bits per heavy atom. The number of rotatable bonds is 3. The van der Waals surface area contributed by atoms with Gasteiger partial charge in [0.1, 0.15) is 5.75 Å². The molecule has 1 aromatic carbocycles. The third kappa shape index (κ3) is 2.82. The standard InChI is InChI=1S/C12H15ClN2O2/c1-2-5-14-12(16)11-7-15-9-6-8(13)3-4-10(9)17-11/h3-4,6,11,15H,2,5,7H2,1H3,(H,14,16). The van der Waals surface area contributed by atoms with Gasteiger partial charge in [-0.15, -0.1) is 0 Å². The number of fused-ring (bicyclic) bond motifs is 1. The summed E-state index contributed by atoms with van der Waals surface area (Å²) in [5.74, 6) is 0.581. The van der Waals surface area contributed by atoms with Gasteiger partial charge in [-0.05, 0) is 24.6 Å². The Balaban J connectivity index is 2.03. The Morgan fingerprint density at radius 3 is 3.24 bits per heavy atom. The van der Waals surface area contributed by atoms with Gasteiger partial charge in [-0.2, -0.15) is 0 Å². The van der Waals surface area contributed by atoms with Gasteiger partial charge in [0.25, 0.3) is 5.91 Å². The van der Waals surface area contributed by atoms with Crippen molar-refractivity contribution in [3.63, 3.8) is 0 Å². The second kappa shape index (κ2) is 5.27. The second-order valence-electron chi connectivity index (χ2n) is 3.92. The number of benzene rings is 1. The van der Waals surface area contributed by atoms with Crippen LogP contribution in [-0.2, 0) is 4.79 Å². The Morgan fingerprint density at radius 2 is 2.47 bits per heavy atom. The second-order valence-corrected chi connectivity index (χ2v) is 4.36. The highest BCUT2D eigenvalue weighted by atomic mass is 35.5. The molecule has 1 heterocycles. The van der Waals surface area contributed by atoms with Crippen LogP contribution in [0, 0.1) is 0 Å². The zero-order valence-electron chi connectivity index (χ0n) is 9.63. The lowest BCUT2D eigenvalue weighted by atomic mass is 10.2. The number of anilines is 1. The molecule has 1 aliphatic heterocycles. The van der Waals surface area contributed by atoms with Crippen molar-refractivity contribution in [2.24, 2.45) is 0 Å². The summed E-state index contributed by atoms with van der Waals surface area (Å²) < 4.78 is 5.61. The van der Waals surface area contributed by atoms with E-state index in [1.807, 2.05) is 6.92 Å². The van der Waals surface area contributed by atoms with Crippen molar-refractivity contribution in [1.82, 2.24) is 5.32 Å². The molecule has 0 radical (unpaired) electrons. The van der Waals surface area contributed by atoms with Gasteiger partial charge in [0.15, 0.2) is 6.10 Å². The maximum absolute atomic E-state index is 11.7. The van der Waals surface area contributed by atoms with Crippen LogP contribution < -0.4 is 15.4 Å². The molecule has 92 valence electrons. The van der Waals surface area contributed by atoms with E-state index in [2.05, 4.69) is 10.6 Å². The van der Waals surface area contributed by atoms with Gasteiger partial charge < -0.3 is 15.4 Å². The lowest BCUT2D eigenvalue weighted by Gasteiger charge is -2.26. The SMILES string of the molecule is CCCNC(=O)C1CNc2cc(Cl)ccc2O1. The number of ether oxygens (including phenoxy) is 1. The van der Waals surface area contributed by atoms with Crippen molar-refractivity contribution < 1.29 is 9.53 Å². The van der Waals surface area contributed by atoms with E-state index in [0.29, 0.717) is 23.9 Å². The van der Waals surface area contributed by atoms with Crippen LogP contribution in [0.4, 0.5) is 5.69 Å². The van der Waals surface area contributed by atoms with Crippen LogP contribution in [0.15, 0.2) is 18.2 Å². The van der Waals surface area contributed by atoms with Crippen LogP contribution in [0.2, 0.25) is 5.02 Å². The molecule has 0 aromatic heterocycles. The van der Waals surface area contributed by atoms with Gasteiger partial charge in [0, 0.05) is 11.6 Å². The highest BCUT2D eigenvalue weighted by Gasteiger charge is 2.25. The van der Waals surface area contributed by atoms with Crippen LogP contribution in [0.5, 0.6) is 5.75 Å². The summed E-state index contributed by atoms with van der Waals surface area (Å²) in [7, 11) is 0. The summed E-state index contributed by atoms with van der Waals surface area (Å²) in [6, 6.07) is 5.30. The smallest absolute Gasteiger partial charge is 0.262 e. The first-order valence-electron chi connectivity index (χ1n) is 5.68. The molecule has 0 saturated heterocycles. The molecule has 0 fully saturated rings. The summed E-state index contributed by atoms with van der Waals surface area (Å²) in [5, 5.41) is 6.60. The minimum Gasteiger partial charge on any atom is -0.477 e. The minimum absolute atomic E-state index is 0.0834. The number of hydrogen-bond donors (Lipinski definition) is 2. The van der Waals surface area contributed by atoms with E-state index in [-0.39, 0.29) is 5.91 Å². The first kappa shape index (κ1) is 12.0. The van der Waals surface area contributed by atoms with Crippen LogP contribution in [0.1, 0.15) is 13.3 Å². The molecule has 0 spiro atoms. The quantitative estimate of drug-likeness (QED) is 0.868. The fraction of sp³-hybridized carbons (Fsp3) is 0.417. The predicted molar refractivity (Wildman–Crippen MR) is 67.7 cm³/mol. The normalized spacial score (nSPS) is 17.6. The monoisotopic (exact) mass is 254 g/mol.